The highest BCUT2D eigenvalue weighted by Crippen LogP contribution is 2.18. The van der Waals surface area contributed by atoms with Crippen molar-refractivity contribution in [2.24, 2.45) is 0 Å². The first-order valence-electron chi connectivity index (χ1n) is 7.45. The minimum absolute atomic E-state index is 0.0148. The van der Waals surface area contributed by atoms with Gasteiger partial charge >= 0.3 is 0 Å². The van der Waals surface area contributed by atoms with E-state index in [-0.39, 0.29) is 5.91 Å². The van der Waals surface area contributed by atoms with Crippen LogP contribution in [0.3, 0.4) is 0 Å². The summed E-state index contributed by atoms with van der Waals surface area (Å²) in [4.78, 5) is 14.1. The third-order valence-corrected chi connectivity index (χ3v) is 3.83. The lowest BCUT2D eigenvalue weighted by Crippen LogP contribution is -2.33. The minimum atomic E-state index is -0.0148. The third-order valence-electron chi connectivity index (χ3n) is 3.58. The van der Waals surface area contributed by atoms with E-state index in [1.807, 2.05) is 55.6 Å². The molecule has 0 aliphatic heterocycles. The number of methoxy groups -OCH3 is 1. The number of likely N-dealkylation sites (N-methyl/N-ethyl adjacent to an activating group) is 1. The molecule has 1 N–H and O–H groups in total. The number of para-hydroxylation sites is 1. The highest BCUT2D eigenvalue weighted by Gasteiger charge is 2.08. The fraction of sp³-hybridized carbons (Fsp3) is 0.278. The second-order valence-corrected chi connectivity index (χ2v) is 5.67. The molecule has 0 heterocycles. The minimum Gasteiger partial charge on any atom is -0.496 e. The first kappa shape index (κ1) is 17.2. The van der Waals surface area contributed by atoms with Crippen molar-refractivity contribution >= 4 is 23.2 Å². The summed E-state index contributed by atoms with van der Waals surface area (Å²) < 4.78 is 5.26. The molecule has 0 spiro atoms. The van der Waals surface area contributed by atoms with E-state index in [4.69, 9.17) is 16.3 Å². The number of carbonyl (C=O) groups is 1. The van der Waals surface area contributed by atoms with Crippen LogP contribution in [-0.2, 0) is 11.2 Å². The summed E-state index contributed by atoms with van der Waals surface area (Å²) in [5, 5.41) is 3.65. The average molecular weight is 333 g/mol. The van der Waals surface area contributed by atoms with Crippen LogP contribution in [0.25, 0.3) is 0 Å². The van der Waals surface area contributed by atoms with Crippen LogP contribution in [0.4, 0.5) is 5.69 Å². The fourth-order valence-electron chi connectivity index (χ4n) is 2.27. The number of hydrogen-bond donors (Lipinski definition) is 1. The highest BCUT2D eigenvalue weighted by molar-refractivity contribution is 6.30. The number of benzene rings is 2. The highest BCUT2D eigenvalue weighted by atomic mass is 35.5. The summed E-state index contributed by atoms with van der Waals surface area (Å²) in [6.07, 6.45) is 0.314. The molecule has 0 saturated carbocycles. The van der Waals surface area contributed by atoms with E-state index in [9.17, 15) is 4.79 Å². The van der Waals surface area contributed by atoms with Gasteiger partial charge in [-0.3, -0.25) is 4.79 Å². The Morgan fingerprint density at radius 1 is 1.17 bits per heavy atom. The van der Waals surface area contributed by atoms with Gasteiger partial charge in [0.15, 0.2) is 0 Å². The van der Waals surface area contributed by atoms with Gasteiger partial charge in [0, 0.05) is 36.4 Å². The summed E-state index contributed by atoms with van der Waals surface area (Å²) in [5.74, 6) is 0.722. The molecule has 0 radical (unpaired) electrons. The third kappa shape index (κ3) is 5.18. The van der Waals surface area contributed by atoms with Crippen molar-refractivity contribution < 1.29 is 9.53 Å². The van der Waals surface area contributed by atoms with E-state index in [1.54, 1.807) is 7.11 Å². The fourth-order valence-corrected chi connectivity index (χ4v) is 2.40. The Morgan fingerprint density at radius 3 is 2.57 bits per heavy atom. The number of nitrogens with zero attached hydrogens (tertiary/aromatic N) is 1. The topological polar surface area (TPSA) is 41.6 Å². The molecule has 0 saturated heterocycles. The molecule has 0 atom stereocenters. The van der Waals surface area contributed by atoms with Gasteiger partial charge in [-0.05, 0) is 30.3 Å². The van der Waals surface area contributed by atoms with Crippen LogP contribution in [0.2, 0.25) is 5.02 Å². The first-order chi connectivity index (χ1) is 11.1. The maximum Gasteiger partial charge on any atom is 0.224 e. The first-order valence-corrected chi connectivity index (χ1v) is 7.83. The number of ether oxygens (including phenoxy) is 1. The summed E-state index contributed by atoms with van der Waals surface area (Å²) >= 11 is 5.88. The summed E-state index contributed by atoms with van der Waals surface area (Å²) in [5.41, 5.74) is 1.95. The van der Waals surface area contributed by atoms with Crippen molar-refractivity contribution in [3.05, 3.63) is 59.1 Å². The molecule has 0 fully saturated rings. The average Bonchev–Trinajstić information content (AvgIpc) is 2.56. The molecule has 4 nitrogen and oxygen atoms in total. The molecule has 5 heteroatoms. The smallest absolute Gasteiger partial charge is 0.224 e. The molecular formula is C18H21ClN2O2. The maximum atomic E-state index is 12.0. The summed E-state index contributed by atoms with van der Waals surface area (Å²) in [6, 6.07) is 15.2. The van der Waals surface area contributed by atoms with E-state index in [0.717, 1.165) is 23.5 Å². The number of rotatable bonds is 7. The molecule has 2 aromatic carbocycles. The second-order valence-electron chi connectivity index (χ2n) is 5.24. The van der Waals surface area contributed by atoms with Crippen molar-refractivity contribution in [2.75, 3.05) is 32.1 Å². The number of halogens is 1. The number of carbonyl (C=O) groups excluding carboxylic acids is 1. The van der Waals surface area contributed by atoms with Crippen molar-refractivity contribution in [1.29, 1.82) is 0 Å². The van der Waals surface area contributed by atoms with Crippen molar-refractivity contribution in [3.8, 4) is 5.75 Å². The molecule has 0 unspecified atom stereocenters. The van der Waals surface area contributed by atoms with Crippen LogP contribution >= 0.6 is 11.6 Å². The Morgan fingerprint density at radius 2 is 1.87 bits per heavy atom. The molecular weight excluding hydrogens is 312 g/mol. The Hall–Kier alpha value is -2.20. The van der Waals surface area contributed by atoms with E-state index in [1.165, 1.54) is 0 Å². The molecule has 1 amide bonds. The number of hydrogen-bond acceptors (Lipinski definition) is 3. The lowest BCUT2D eigenvalue weighted by Gasteiger charge is -2.19. The predicted molar refractivity (Wildman–Crippen MR) is 94.4 cm³/mol. The van der Waals surface area contributed by atoms with Gasteiger partial charge in [-0.2, -0.15) is 0 Å². The zero-order valence-corrected chi connectivity index (χ0v) is 14.1. The van der Waals surface area contributed by atoms with Gasteiger partial charge in [0.25, 0.3) is 0 Å². The van der Waals surface area contributed by atoms with E-state index in [2.05, 4.69) is 10.2 Å². The van der Waals surface area contributed by atoms with E-state index < -0.39 is 0 Å². The lowest BCUT2D eigenvalue weighted by atomic mass is 10.1. The van der Waals surface area contributed by atoms with Gasteiger partial charge in [0.2, 0.25) is 5.91 Å². The van der Waals surface area contributed by atoms with Crippen LogP contribution in [0.15, 0.2) is 48.5 Å². The molecule has 23 heavy (non-hydrogen) atoms. The standard InChI is InChI=1S/C18H21ClN2O2/c1-21(16-9-7-15(19)8-10-16)12-11-20-18(22)13-14-5-3-4-6-17(14)23-2/h3-10H,11-13H2,1-2H3,(H,20,22). The molecule has 0 aliphatic carbocycles. The summed E-state index contributed by atoms with van der Waals surface area (Å²) in [7, 11) is 3.59. The van der Waals surface area contributed by atoms with Crippen LogP contribution in [0.5, 0.6) is 5.75 Å². The van der Waals surface area contributed by atoms with Crippen LogP contribution in [0.1, 0.15) is 5.56 Å². The molecule has 0 aromatic heterocycles. The number of amides is 1. The molecule has 2 aromatic rings. The van der Waals surface area contributed by atoms with Gasteiger partial charge in [0.05, 0.1) is 13.5 Å². The molecule has 122 valence electrons. The summed E-state index contributed by atoms with van der Waals surface area (Å²) in [6.45, 7) is 1.30. The zero-order chi connectivity index (χ0) is 16.7. The van der Waals surface area contributed by atoms with Gasteiger partial charge in [-0.15, -0.1) is 0 Å². The van der Waals surface area contributed by atoms with E-state index in [0.29, 0.717) is 18.0 Å². The quantitative estimate of drug-likeness (QED) is 0.847. The molecule has 2 rings (SSSR count). The van der Waals surface area contributed by atoms with Gasteiger partial charge in [-0.1, -0.05) is 29.8 Å². The largest absolute Gasteiger partial charge is 0.496 e. The molecule has 0 bridgehead atoms. The number of anilines is 1. The Kier molecular flexibility index (Phi) is 6.29. The maximum absolute atomic E-state index is 12.0. The number of nitrogens with one attached hydrogen (secondary N) is 1. The Balaban J connectivity index is 1.79. The molecule has 0 aliphatic rings. The zero-order valence-electron chi connectivity index (χ0n) is 13.4. The van der Waals surface area contributed by atoms with Crippen LogP contribution < -0.4 is 15.0 Å². The lowest BCUT2D eigenvalue weighted by molar-refractivity contribution is -0.120. The second kappa shape index (κ2) is 8.44. The Bertz CT molecular complexity index is 644. The Labute approximate surface area is 142 Å². The van der Waals surface area contributed by atoms with Crippen molar-refractivity contribution in [1.82, 2.24) is 5.32 Å². The van der Waals surface area contributed by atoms with E-state index >= 15 is 0 Å². The van der Waals surface area contributed by atoms with Crippen LogP contribution in [-0.4, -0.2) is 33.2 Å². The van der Waals surface area contributed by atoms with Crippen molar-refractivity contribution in [2.45, 2.75) is 6.42 Å². The van der Waals surface area contributed by atoms with Crippen LogP contribution in [0, 0.1) is 0 Å². The van der Waals surface area contributed by atoms with Gasteiger partial charge in [-0.25, -0.2) is 0 Å². The SMILES string of the molecule is COc1ccccc1CC(=O)NCCN(C)c1ccc(Cl)cc1. The monoisotopic (exact) mass is 332 g/mol. The van der Waals surface area contributed by atoms with Gasteiger partial charge in [0.1, 0.15) is 5.75 Å². The normalized spacial score (nSPS) is 10.2. The van der Waals surface area contributed by atoms with Gasteiger partial charge < -0.3 is 15.0 Å². The predicted octanol–water partition coefficient (Wildman–Crippen LogP) is 3.14. The van der Waals surface area contributed by atoms with Crippen molar-refractivity contribution in [3.63, 3.8) is 0 Å².